The molecule has 0 aliphatic carbocycles. The van der Waals surface area contributed by atoms with Crippen LogP contribution >= 0.6 is 22.6 Å². The molecule has 0 saturated carbocycles. The Labute approximate surface area is 133 Å². The number of carbonyl (C=O) groups excluding carboxylic acids is 1. The second-order valence-corrected chi connectivity index (χ2v) is 5.81. The van der Waals surface area contributed by atoms with Crippen molar-refractivity contribution in [2.45, 2.75) is 26.7 Å². The standard InChI is InChI=1S/C15H20INO3/c1-3-19-13-10-11(9-12(16)14(13)20-4-2)15(18)17-7-5-6-8-17/h9-10H,3-8H2,1-2H3. The molecule has 0 unspecified atom stereocenters. The van der Waals surface area contributed by atoms with Gasteiger partial charge in [0.2, 0.25) is 0 Å². The molecule has 4 nitrogen and oxygen atoms in total. The maximum atomic E-state index is 12.5. The van der Waals surface area contributed by atoms with Crippen LogP contribution in [-0.2, 0) is 0 Å². The average molecular weight is 389 g/mol. The van der Waals surface area contributed by atoms with Crippen LogP contribution in [0.2, 0.25) is 0 Å². The lowest BCUT2D eigenvalue weighted by Gasteiger charge is -2.18. The quantitative estimate of drug-likeness (QED) is 0.726. The highest BCUT2D eigenvalue weighted by molar-refractivity contribution is 14.1. The Morgan fingerprint density at radius 2 is 1.85 bits per heavy atom. The fourth-order valence-electron chi connectivity index (χ4n) is 2.34. The Kier molecular flexibility index (Phi) is 5.51. The molecule has 5 heteroatoms. The Bertz CT molecular complexity index is 484. The van der Waals surface area contributed by atoms with Gasteiger partial charge in [-0.25, -0.2) is 0 Å². The highest BCUT2D eigenvalue weighted by atomic mass is 127. The number of hydrogen-bond donors (Lipinski definition) is 0. The predicted octanol–water partition coefficient (Wildman–Crippen LogP) is 3.32. The van der Waals surface area contributed by atoms with Crippen LogP contribution in [0.25, 0.3) is 0 Å². The molecule has 1 fully saturated rings. The van der Waals surface area contributed by atoms with Crippen molar-refractivity contribution in [1.29, 1.82) is 0 Å². The van der Waals surface area contributed by atoms with Gasteiger partial charge in [0.1, 0.15) is 0 Å². The van der Waals surface area contributed by atoms with Gasteiger partial charge in [-0.15, -0.1) is 0 Å². The van der Waals surface area contributed by atoms with Crippen molar-refractivity contribution in [3.63, 3.8) is 0 Å². The Morgan fingerprint density at radius 1 is 1.20 bits per heavy atom. The molecule has 1 amide bonds. The number of rotatable bonds is 5. The first kappa shape index (κ1) is 15.4. The number of benzene rings is 1. The van der Waals surface area contributed by atoms with Crippen LogP contribution < -0.4 is 9.47 Å². The second kappa shape index (κ2) is 7.15. The summed E-state index contributed by atoms with van der Waals surface area (Å²) >= 11 is 2.20. The maximum absolute atomic E-state index is 12.5. The van der Waals surface area contributed by atoms with Crippen molar-refractivity contribution in [2.75, 3.05) is 26.3 Å². The molecule has 2 rings (SSSR count). The fourth-order valence-corrected chi connectivity index (χ4v) is 3.10. The van der Waals surface area contributed by atoms with E-state index in [-0.39, 0.29) is 5.91 Å². The van der Waals surface area contributed by atoms with Gasteiger partial charge in [-0.3, -0.25) is 4.79 Å². The lowest BCUT2D eigenvalue weighted by molar-refractivity contribution is 0.0792. The maximum Gasteiger partial charge on any atom is 0.254 e. The first-order valence-corrected chi connectivity index (χ1v) is 8.13. The Hall–Kier alpha value is -0.980. The molecule has 0 radical (unpaired) electrons. The summed E-state index contributed by atoms with van der Waals surface area (Å²) in [5, 5.41) is 0. The molecule has 0 atom stereocenters. The zero-order chi connectivity index (χ0) is 14.5. The molecule has 1 saturated heterocycles. The lowest BCUT2D eigenvalue weighted by atomic mass is 10.1. The largest absolute Gasteiger partial charge is 0.490 e. The highest BCUT2D eigenvalue weighted by Crippen LogP contribution is 2.34. The van der Waals surface area contributed by atoms with Gasteiger partial charge in [0.15, 0.2) is 11.5 Å². The molecular formula is C15H20INO3. The van der Waals surface area contributed by atoms with E-state index in [9.17, 15) is 4.79 Å². The summed E-state index contributed by atoms with van der Waals surface area (Å²) in [6.07, 6.45) is 2.19. The van der Waals surface area contributed by atoms with Gasteiger partial charge in [0.05, 0.1) is 16.8 Å². The van der Waals surface area contributed by atoms with E-state index in [0.29, 0.717) is 24.5 Å². The smallest absolute Gasteiger partial charge is 0.254 e. The van der Waals surface area contributed by atoms with Crippen LogP contribution in [0.5, 0.6) is 11.5 Å². The number of likely N-dealkylation sites (tertiary alicyclic amines) is 1. The van der Waals surface area contributed by atoms with E-state index >= 15 is 0 Å². The van der Waals surface area contributed by atoms with Crippen LogP contribution in [0.4, 0.5) is 0 Å². The van der Waals surface area contributed by atoms with E-state index in [1.807, 2.05) is 24.8 Å². The van der Waals surface area contributed by atoms with Gasteiger partial charge in [-0.1, -0.05) is 0 Å². The molecular weight excluding hydrogens is 369 g/mol. The minimum atomic E-state index is 0.0874. The molecule has 1 aromatic carbocycles. The lowest BCUT2D eigenvalue weighted by Crippen LogP contribution is -2.27. The average Bonchev–Trinajstić information content (AvgIpc) is 2.96. The van der Waals surface area contributed by atoms with E-state index in [4.69, 9.17) is 9.47 Å². The molecule has 20 heavy (non-hydrogen) atoms. The van der Waals surface area contributed by atoms with Gasteiger partial charge in [-0.05, 0) is 61.4 Å². The monoisotopic (exact) mass is 389 g/mol. The zero-order valence-corrected chi connectivity index (χ0v) is 14.1. The number of ether oxygens (including phenoxy) is 2. The van der Waals surface area contributed by atoms with Crippen molar-refractivity contribution in [3.05, 3.63) is 21.3 Å². The number of halogens is 1. The summed E-state index contributed by atoms with van der Waals surface area (Å²) in [7, 11) is 0. The van der Waals surface area contributed by atoms with E-state index in [1.54, 1.807) is 6.07 Å². The van der Waals surface area contributed by atoms with Crippen molar-refractivity contribution in [1.82, 2.24) is 4.90 Å². The Morgan fingerprint density at radius 3 is 2.45 bits per heavy atom. The van der Waals surface area contributed by atoms with Gasteiger partial charge in [-0.2, -0.15) is 0 Å². The SMILES string of the molecule is CCOc1cc(C(=O)N2CCCC2)cc(I)c1OCC. The summed E-state index contributed by atoms with van der Waals surface area (Å²) in [4.78, 5) is 14.4. The minimum Gasteiger partial charge on any atom is -0.490 e. The predicted molar refractivity (Wildman–Crippen MR) is 86.6 cm³/mol. The number of nitrogens with zero attached hydrogens (tertiary/aromatic N) is 1. The third-order valence-electron chi connectivity index (χ3n) is 3.24. The van der Waals surface area contributed by atoms with Crippen molar-refractivity contribution >= 4 is 28.5 Å². The summed E-state index contributed by atoms with van der Waals surface area (Å²) in [6, 6.07) is 3.69. The first-order chi connectivity index (χ1) is 9.67. The van der Waals surface area contributed by atoms with Crippen molar-refractivity contribution in [2.24, 2.45) is 0 Å². The van der Waals surface area contributed by atoms with E-state index in [0.717, 1.165) is 35.3 Å². The van der Waals surface area contributed by atoms with Gasteiger partial charge < -0.3 is 14.4 Å². The van der Waals surface area contributed by atoms with Crippen molar-refractivity contribution in [3.8, 4) is 11.5 Å². The molecule has 110 valence electrons. The summed E-state index contributed by atoms with van der Waals surface area (Å²) in [5.41, 5.74) is 0.684. The van der Waals surface area contributed by atoms with E-state index < -0.39 is 0 Å². The van der Waals surface area contributed by atoms with Gasteiger partial charge >= 0.3 is 0 Å². The van der Waals surface area contributed by atoms with E-state index in [2.05, 4.69) is 22.6 Å². The molecule has 1 heterocycles. The fraction of sp³-hybridized carbons (Fsp3) is 0.533. The molecule has 0 N–H and O–H groups in total. The van der Waals surface area contributed by atoms with Gasteiger partial charge in [0.25, 0.3) is 5.91 Å². The topological polar surface area (TPSA) is 38.8 Å². The van der Waals surface area contributed by atoms with Crippen LogP contribution in [-0.4, -0.2) is 37.1 Å². The molecule has 1 aliphatic heterocycles. The summed E-state index contributed by atoms with van der Waals surface area (Å²) < 4.78 is 12.2. The molecule has 1 aliphatic rings. The van der Waals surface area contributed by atoms with Crippen LogP contribution in [0, 0.1) is 3.57 Å². The zero-order valence-electron chi connectivity index (χ0n) is 11.9. The summed E-state index contributed by atoms with van der Waals surface area (Å²) in [6.45, 7) is 6.71. The van der Waals surface area contributed by atoms with Crippen molar-refractivity contribution < 1.29 is 14.3 Å². The number of carbonyl (C=O) groups is 1. The Balaban J connectivity index is 2.31. The van der Waals surface area contributed by atoms with Gasteiger partial charge in [0, 0.05) is 18.7 Å². The normalized spacial score (nSPS) is 14.4. The second-order valence-electron chi connectivity index (χ2n) is 4.65. The third kappa shape index (κ3) is 3.37. The first-order valence-electron chi connectivity index (χ1n) is 7.05. The minimum absolute atomic E-state index is 0.0874. The van der Waals surface area contributed by atoms with Crippen LogP contribution in [0.1, 0.15) is 37.0 Å². The van der Waals surface area contributed by atoms with Crippen LogP contribution in [0.3, 0.4) is 0 Å². The summed E-state index contributed by atoms with van der Waals surface area (Å²) in [5.74, 6) is 1.47. The van der Waals surface area contributed by atoms with E-state index in [1.165, 1.54) is 0 Å². The number of amides is 1. The molecule has 0 bridgehead atoms. The number of hydrogen-bond acceptors (Lipinski definition) is 3. The van der Waals surface area contributed by atoms with Crippen LogP contribution in [0.15, 0.2) is 12.1 Å². The molecule has 0 aromatic heterocycles. The highest BCUT2D eigenvalue weighted by Gasteiger charge is 2.22. The molecule has 1 aromatic rings. The molecule has 0 spiro atoms. The third-order valence-corrected chi connectivity index (χ3v) is 4.04.